The summed E-state index contributed by atoms with van der Waals surface area (Å²) in [6.45, 7) is -0.234. The summed E-state index contributed by atoms with van der Waals surface area (Å²) in [6.07, 6.45) is -3.10. The van der Waals surface area contributed by atoms with E-state index < -0.39 is 55.1 Å². The molecule has 2 saturated carbocycles. The minimum atomic E-state index is -4.25. The topological polar surface area (TPSA) is 241 Å². The first kappa shape index (κ1) is 52.1. The first-order valence-electron chi connectivity index (χ1n) is 20.1. The van der Waals surface area contributed by atoms with E-state index in [1.54, 1.807) is 24.3 Å². The SMILES string of the molecule is NS(=O)(=O)c1ccccc1.O=C(NS(=O)(=O)c1ccccc1)c1cnc(-n2ccc(OCCC3(C(F)(F)F)CC3)n2)cc1Cl.O=C(O)c1cnc(-n2ccc(OCCC3(C(F)(F)F)CC3)n2)cc1Cl. The van der Waals surface area contributed by atoms with E-state index in [1.165, 1.54) is 82.4 Å². The predicted octanol–water partition coefficient (Wildman–Crippen LogP) is 8.22. The van der Waals surface area contributed by atoms with E-state index >= 15 is 0 Å². The molecule has 4 aromatic heterocycles. The van der Waals surface area contributed by atoms with E-state index in [4.69, 9.17) is 42.9 Å². The number of alkyl halides is 6. The molecule has 2 aliphatic rings. The van der Waals surface area contributed by atoms with Crippen molar-refractivity contribution in [3.05, 3.63) is 131 Å². The normalized spacial score (nSPS) is 14.8. The average Bonchev–Trinajstić information content (AvgIpc) is 4.16. The van der Waals surface area contributed by atoms with Crippen molar-refractivity contribution in [3.8, 4) is 23.4 Å². The Balaban J connectivity index is 0.000000195. The number of aromatic nitrogens is 6. The lowest BCUT2D eigenvalue weighted by Crippen LogP contribution is -2.30. The molecule has 2 fully saturated rings. The lowest BCUT2D eigenvalue weighted by Gasteiger charge is -2.18. The van der Waals surface area contributed by atoms with Gasteiger partial charge in [-0.15, -0.1) is 10.2 Å². The van der Waals surface area contributed by atoms with Crippen LogP contribution in [0.25, 0.3) is 11.6 Å². The van der Waals surface area contributed by atoms with Crippen LogP contribution in [0.15, 0.2) is 120 Å². The van der Waals surface area contributed by atoms with Crippen LogP contribution in [0.2, 0.25) is 10.0 Å². The minimum absolute atomic E-state index is 0.00341. The first-order chi connectivity index (χ1) is 32.3. The maximum atomic E-state index is 13.0. The van der Waals surface area contributed by atoms with Gasteiger partial charge in [0.15, 0.2) is 11.6 Å². The molecule has 368 valence electrons. The summed E-state index contributed by atoms with van der Waals surface area (Å²) >= 11 is 12.0. The molecule has 0 radical (unpaired) electrons. The van der Waals surface area contributed by atoms with Crippen molar-refractivity contribution >= 4 is 55.1 Å². The van der Waals surface area contributed by atoms with E-state index in [0.29, 0.717) is 0 Å². The Labute approximate surface area is 399 Å². The van der Waals surface area contributed by atoms with E-state index in [0.717, 1.165) is 12.4 Å². The summed E-state index contributed by atoms with van der Waals surface area (Å²) in [4.78, 5) is 31.4. The zero-order chi connectivity index (χ0) is 50.4. The van der Waals surface area contributed by atoms with Crippen LogP contribution >= 0.6 is 23.2 Å². The molecule has 27 heteroatoms. The van der Waals surface area contributed by atoms with Crippen molar-refractivity contribution in [3.63, 3.8) is 0 Å². The number of nitrogens with two attached hydrogens (primary N) is 1. The molecule has 0 unspecified atom stereocenters. The van der Waals surface area contributed by atoms with Gasteiger partial charge in [-0.05, 0) is 62.8 Å². The van der Waals surface area contributed by atoms with Gasteiger partial charge < -0.3 is 14.6 Å². The highest BCUT2D eigenvalue weighted by Crippen LogP contribution is 2.60. The van der Waals surface area contributed by atoms with Crippen LogP contribution in [0.3, 0.4) is 0 Å². The zero-order valence-corrected chi connectivity index (χ0v) is 38.5. The van der Waals surface area contributed by atoms with Gasteiger partial charge in [-0.1, -0.05) is 59.6 Å². The summed E-state index contributed by atoms with van der Waals surface area (Å²) in [5.41, 5.74) is -3.59. The molecule has 2 aromatic carbocycles. The van der Waals surface area contributed by atoms with Gasteiger partial charge in [0, 0.05) is 49.1 Å². The standard InChI is InChI=1S/C21H18ClF3N4O4S.C15H13ClF3N3O3.C6H7NO2S/c22-16-12-17(26-13-15(16)19(30)28-34(31,32)14-4-2-1-3-5-14)29-10-6-18(27-29)33-11-9-20(7-8-20)21(23,24)25;16-10-7-11(20-8-9(10)13(23)24)22-5-1-12(21-22)25-6-4-14(2-3-14)15(17,18)19;7-10(8,9)6-4-2-1-3-5-6/h1-6,10,12-13H,7-9,11H2,(H,28,30);1,5,7-8H,2-4,6H2,(H,23,24);1-5H,(H2,7,8,9). The van der Waals surface area contributed by atoms with Crippen molar-refractivity contribution in [2.24, 2.45) is 16.0 Å². The van der Waals surface area contributed by atoms with Gasteiger partial charge in [0.05, 0.1) is 55.0 Å². The van der Waals surface area contributed by atoms with Gasteiger partial charge in [-0.3, -0.25) is 4.79 Å². The van der Waals surface area contributed by atoms with Crippen LogP contribution in [0, 0.1) is 10.8 Å². The lowest BCUT2D eigenvalue weighted by molar-refractivity contribution is -0.190. The fourth-order valence-corrected chi connectivity index (χ4v) is 8.22. The zero-order valence-electron chi connectivity index (χ0n) is 35.4. The number of carbonyl (C=O) groups excluding carboxylic acids is 1. The van der Waals surface area contributed by atoms with Gasteiger partial charge in [0.2, 0.25) is 21.8 Å². The monoisotopic (exact) mass is 1050 g/mol. The number of hydrogen-bond acceptors (Lipinski definition) is 12. The van der Waals surface area contributed by atoms with Crippen LogP contribution in [0.5, 0.6) is 11.8 Å². The Morgan fingerprint density at radius 1 is 0.681 bits per heavy atom. The molecule has 0 spiro atoms. The second-order valence-corrected chi connectivity index (χ2v) is 19.5. The molecule has 8 rings (SSSR count). The van der Waals surface area contributed by atoms with Crippen molar-refractivity contribution in [1.29, 1.82) is 0 Å². The van der Waals surface area contributed by atoms with E-state index in [1.807, 2.05) is 4.72 Å². The van der Waals surface area contributed by atoms with Crippen LogP contribution in [-0.4, -0.2) is 88.9 Å². The molecular formula is C42H38Cl2F6N8O9S2. The number of ether oxygens (including phenoxy) is 2. The molecule has 69 heavy (non-hydrogen) atoms. The number of halogens is 8. The fraction of sp³-hybridized carbons (Fsp3) is 0.286. The Kier molecular flexibility index (Phi) is 15.7. The van der Waals surface area contributed by atoms with E-state index in [2.05, 4.69) is 20.2 Å². The van der Waals surface area contributed by atoms with Crippen molar-refractivity contribution < 1.29 is 67.3 Å². The molecule has 0 bridgehead atoms. The smallest absolute Gasteiger partial charge is 0.394 e. The number of aromatic carboxylic acids is 1. The molecular weight excluding hydrogens is 1010 g/mol. The summed E-state index contributed by atoms with van der Waals surface area (Å²) < 4.78 is 139. The van der Waals surface area contributed by atoms with Gasteiger partial charge in [-0.25, -0.2) is 50.8 Å². The number of amides is 1. The molecule has 6 aromatic rings. The van der Waals surface area contributed by atoms with Crippen LogP contribution in [0.1, 0.15) is 59.2 Å². The fourth-order valence-electron chi connectivity index (χ4n) is 6.24. The highest BCUT2D eigenvalue weighted by atomic mass is 35.5. The number of rotatable bonds is 15. The van der Waals surface area contributed by atoms with Gasteiger partial charge in [0.25, 0.3) is 15.9 Å². The highest BCUT2D eigenvalue weighted by Gasteiger charge is 2.63. The second-order valence-electron chi connectivity index (χ2n) is 15.4. The lowest BCUT2D eigenvalue weighted by atomic mass is 10.0. The predicted molar refractivity (Wildman–Crippen MR) is 234 cm³/mol. The summed E-state index contributed by atoms with van der Waals surface area (Å²) in [5.74, 6) is -1.46. The van der Waals surface area contributed by atoms with E-state index in [-0.39, 0.29) is 106 Å². The Morgan fingerprint density at radius 3 is 1.43 bits per heavy atom. The number of nitrogens with one attached hydrogen (secondary N) is 1. The number of primary sulfonamides is 1. The quantitative estimate of drug-likeness (QED) is 0.0823. The molecule has 4 N–H and O–H groups in total. The largest absolute Gasteiger partial charge is 0.478 e. The third-order valence-corrected chi connectivity index (χ3v) is 13.6. The number of nitrogens with zero attached hydrogens (tertiary/aromatic N) is 6. The minimum Gasteiger partial charge on any atom is -0.478 e. The van der Waals surface area contributed by atoms with Crippen molar-refractivity contribution in [2.45, 2.75) is 60.7 Å². The second kappa shape index (κ2) is 20.8. The van der Waals surface area contributed by atoms with Crippen LogP contribution < -0.4 is 19.3 Å². The van der Waals surface area contributed by atoms with Gasteiger partial charge >= 0.3 is 18.3 Å². The maximum Gasteiger partial charge on any atom is 0.394 e. The van der Waals surface area contributed by atoms with E-state index in [9.17, 15) is 52.8 Å². The number of benzene rings is 2. The third-order valence-electron chi connectivity index (χ3n) is 10.7. The average molecular weight is 1050 g/mol. The number of sulfonamides is 2. The first-order valence-corrected chi connectivity index (χ1v) is 23.9. The molecule has 1 amide bonds. The Hall–Kier alpha value is -6.28. The number of carboxylic acids is 1. The molecule has 17 nitrogen and oxygen atoms in total. The number of carboxylic acid groups (broad SMARTS) is 1. The molecule has 0 aliphatic heterocycles. The number of pyridine rings is 2. The van der Waals surface area contributed by atoms with Crippen molar-refractivity contribution in [1.82, 2.24) is 34.3 Å². The van der Waals surface area contributed by atoms with Crippen LogP contribution in [0.4, 0.5) is 26.3 Å². The number of carbonyl (C=O) groups is 2. The van der Waals surface area contributed by atoms with Gasteiger partial charge in [0.1, 0.15) is 0 Å². The highest BCUT2D eigenvalue weighted by molar-refractivity contribution is 7.90. The van der Waals surface area contributed by atoms with Gasteiger partial charge in [-0.2, -0.15) is 26.3 Å². The van der Waals surface area contributed by atoms with Crippen molar-refractivity contribution in [2.75, 3.05) is 13.2 Å². The third kappa shape index (κ3) is 13.3. The summed E-state index contributed by atoms with van der Waals surface area (Å²) in [6, 6.07) is 20.8. The Bertz CT molecular complexity index is 3010. The summed E-state index contributed by atoms with van der Waals surface area (Å²) in [7, 11) is -7.60. The maximum absolute atomic E-state index is 13.0. The molecule has 0 saturated heterocycles. The Morgan fingerprint density at radius 2 is 1.09 bits per heavy atom. The molecule has 2 aliphatic carbocycles. The molecule has 0 atom stereocenters. The van der Waals surface area contributed by atoms with Crippen LogP contribution in [-0.2, 0) is 20.0 Å². The summed E-state index contributed by atoms with van der Waals surface area (Å²) in [5, 5.41) is 21.8. The number of hydrogen-bond donors (Lipinski definition) is 3. The molecule has 4 heterocycles.